The predicted octanol–water partition coefficient (Wildman–Crippen LogP) is 5.51. The number of hydrogen-bond donors (Lipinski definition) is 2. The summed E-state index contributed by atoms with van der Waals surface area (Å²) in [7, 11) is 1.63. The van der Waals surface area contributed by atoms with Crippen LogP contribution in [0.2, 0.25) is 5.02 Å². The number of aliphatic carboxylic acids is 1. The number of carboxylic acids is 1. The molecule has 1 aliphatic heterocycles. The van der Waals surface area contributed by atoms with Gasteiger partial charge in [-0.25, -0.2) is 4.98 Å². The van der Waals surface area contributed by atoms with Gasteiger partial charge in [-0.3, -0.25) is 9.78 Å². The summed E-state index contributed by atoms with van der Waals surface area (Å²) in [6, 6.07) is 5.75. The van der Waals surface area contributed by atoms with Gasteiger partial charge in [0.1, 0.15) is 10.8 Å². The van der Waals surface area contributed by atoms with E-state index in [2.05, 4.69) is 14.9 Å². The van der Waals surface area contributed by atoms with Gasteiger partial charge >= 0.3 is 5.97 Å². The molecule has 6 nitrogen and oxygen atoms in total. The Morgan fingerprint density at radius 1 is 1.36 bits per heavy atom. The Morgan fingerprint density at radius 2 is 2.15 bits per heavy atom. The van der Waals surface area contributed by atoms with E-state index in [0.29, 0.717) is 30.7 Å². The van der Waals surface area contributed by atoms with Gasteiger partial charge in [0.25, 0.3) is 0 Å². The Hall–Kier alpha value is -1.87. The van der Waals surface area contributed by atoms with Gasteiger partial charge in [0.2, 0.25) is 0 Å². The Kier molecular flexibility index (Phi) is 7.79. The summed E-state index contributed by atoms with van der Waals surface area (Å²) in [4.78, 5) is 23.4. The van der Waals surface area contributed by atoms with Crippen LogP contribution < -0.4 is 4.74 Å². The van der Waals surface area contributed by atoms with Crippen molar-refractivity contribution < 1.29 is 14.6 Å². The summed E-state index contributed by atoms with van der Waals surface area (Å²) < 4.78 is 5.36. The van der Waals surface area contributed by atoms with Gasteiger partial charge < -0.3 is 14.7 Å². The molecule has 1 fully saturated rings. The zero-order chi connectivity index (χ0) is 23.4. The normalized spacial score (nSPS) is 17.2. The predicted molar refractivity (Wildman–Crippen MR) is 136 cm³/mol. The van der Waals surface area contributed by atoms with E-state index in [9.17, 15) is 9.90 Å². The van der Waals surface area contributed by atoms with Gasteiger partial charge in [-0.1, -0.05) is 11.6 Å². The Bertz CT molecular complexity index is 1100. The minimum absolute atomic E-state index is 0.0569. The van der Waals surface area contributed by atoms with Crippen molar-refractivity contribution in [2.75, 3.05) is 26.7 Å². The molecule has 3 aromatic rings. The maximum absolute atomic E-state index is 12.3. The number of rotatable bonds is 9. The van der Waals surface area contributed by atoms with Crippen molar-refractivity contribution in [1.82, 2.24) is 14.9 Å². The number of thiazole rings is 1. The first kappa shape index (κ1) is 24.3. The fourth-order valence-electron chi connectivity index (χ4n) is 4.64. The molecule has 0 radical (unpaired) electrons. The number of hydrogen-bond acceptors (Lipinski definition) is 7. The van der Waals surface area contributed by atoms with Crippen molar-refractivity contribution in [2.24, 2.45) is 5.41 Å². The summed E-state index contributed by atoms with van der Waals surface area (Å²) in [5.41, 5.74) is 1.16. The molecule has 176 valence electrons. The number of methoxy groups -OCH3 is 1. The second kappa shape index (κ2) is 10.6. The number of halogens is 1. The van der Waals surface area contributed by atoms with Crippen molar-refractivity contribution >= 4 is 52.4 Å². The SMILES string of the molecule is COc1ccc2ncc(Cl)c(CCCC3(C(=O)O)CCN(CC(S)c4nccs4)CC3)c2c1. The molecule has 1 atom stereocenters. The Labute approximate surface area is 208 Å². The number of ether oxygens (including phenoxy) is 1. The minimum atomic E-state index is -0.698. The number of fused-ring (bicyclic) bond motifs is 1. The van der Waals surface area contributed by atoms with E-state index in [1.165, 1.54) is 0 Å². The highest BCUT2D eigenvalue weighted by atomic mass is 35.5. The maximum atomic E-state index is 12.3. The molecule has 0 amide bonds. The number of carbonyl (C=O) groups is 1. The molecule has 3 heterocycles. The fraction of sp³-hybridized carbons (Fsp3) is 0.458. The first-order valence-corrected chi connectivity index (χ1v) is 12.8. The highest BCUT2D eigenvalue weighted by Crippen LogP contribution is 2.39. The number of pyridine rings is 1. The average molecular weight is 506 g/mol. The van der Waals surface area contributed by atoms with E-state index in [1.807, 2.05) is 23.6 Å². The van der Waals surface area contributed by atoms with Crippen molar-refractivity contribution in [1.29, 1.82) is 0 Å². The first-order valence-electron chi connectivity index (χ1n) is 11.1. The quantitative estimate of drug-likeness (QED) is 0.373. The van der Waals surface area contributed by atoms with Gasteiger partial charge in [0.05, 0.1) is 28.3 Å². The largest absolute Gasteiger partial charge is 0.497 e. The van der Waals surface area contributed by atoms with Crippen LogP contribution >= 0.6 is 35.6 Å². The molecule has 1 aliphatic rings. The monoisotopic (exact) mass is 505 g/mol. The van der Waals surface area contributed by atoms with Crippen LogP contribution in [0.1, 0.15) is 41.5 Å². The third kappa shape index (κ3) is 5.45. The van der Waals surface area contributed by atoms with Crippen LogP contribution in [0.4, 0.5) is 0 Å². The Balaban J connectivity index is 1.40. The van der Waals surface area contributed by atoms with Crippen LogP contribution in [0.3, 0.4) is 0 Å². The Morgan fingerprint density at radius 3 is 2.82 bits per heavy atom. The first-order chi connectivity index (χ1) is 15.9. The van der Waals surface area contributed by atoms with Gasteiger partial charge in [-0.2, -0.15) is 12.6 Å². The van der Waals surface area contributed by atoms with E-state index in [-0.39, 0.29) is 5.25 Å². The molecule has 9 heteroatoms. The number of likely N-dealkylation sites (tertiary alicyclic amines) is 1. The van der Waals surface area contributed by atoms with Crippen LogP contribution in [-0.4, -0.2) is 52.7 Å². The number of benzene rings is 1. The molecule has 33 heavy (non-hydrogen) atoms. The fourth-order valence-corrected chi connectivity index (χ4v) is 5.98. The molecule has 1 unspecified atom stereocenters. The van der Waals surface area contributed by atoms with E-state index in [4.69, 9.17) is 29.0 Å². The smallest absolute Gasteiger partial charge is 0.309 e. The lowest BCUT2D eigenvalue weighted by Gasteiger charge is -2.39. The van der Waals surface area contributed by atoms with Crippen LogP contribution in [0.25, 0.3) is 10.9 Å². The molecule has 1 saturated heterocycles. The van der Waals surface area contributed by atoms with Gasteiger partial charge in [-0.15, -0.1) is 11.3 Å². The zero-order valence-electron chi connectivity index (χ0n) is 18.5. The van der Waals surface area contributed by atoms with E-state index >= 15 is 0 Å². The van der Waals surface area contributed by atoms with E-state index < -0.39 is 11.4 Å². The van der Waals surface area contributed by atoms with E-state index in [0.717, 1.165) is 53.3 Å². The van der Waals surface area contributed by atoms with Crippen molar-refractivity contribution in [3.8, 4) is 5.75 Å². The topological polar surface area (TPSA) is 75.6 Å². The van der Waals surface area contributed by atoms with Crippen molar-refractivity contribution in [3.05, 3.63) is 51.6 Å². The molecule has 1 N–H and O–H groups in total. The molecule has 0 bridgehead atoms. The summed E-state index contributed by atoms with van der Waals surface area (Å²) in [6.45, 7) is 2.29. The number of piperidine rings is 1. The number of carboxylic acid groups (broad SMARTS) is 1. The molecule has 0 saturated carbocycles. The lowest BCUT2D eigenvalue weighted by Crippen LogP contribution is -2.45. The van der Waals surface area contributed by atoms with Crippen LogP contribution in [0.5, 0.6) is 5.75 Å². The highest BCUT2D eigenvalue weighted by Gasteiger charge is 2.41. The second-order valence-corrected chi connectivity index (χ2v) is 10.6. The van der Waals surface area contributed by atoms with Crippen LogP contribution in [-0.2, 0) is 11.2 Å². The molecule has 2 aromatic heterocycles. The number of thiol groups is 1. The zero-order valence-corrected chi connectivity index (χ0v) is 21.0. The number of aromatic nitrogens is 2. The van der Waals surface area contributed by atoms with Crippen molar-refractivity contribution in [2.45, 2.75) is 37.4 Å². The summed E-state index contributed by atoms with van der Waals surface area (Å²) in [6.07, 6.45) is 6.82. The van der Waals surface area contributed by atoms with Gasteiger partial charge in [0, 0.05) is 29.7 Å². The average Bonchev–Trinajstić information content (AvgIpc) is 3.36. The van der Waals surface area contributed by atoms with Gasteiger partial charge in [0.15, 0.2) is 0 Å². The van der Waals surface area contributed by atoms with Crippen LogP contribution in [0.15, 0.2) is 36.0 Å². The second-order valence-electron chi connectivity index (χ2n) is 8.59. The van der Waals surface area contributed by atoms with Crippen LogP contribution in [0, 0.1) is 5.41 Å². The number of nitrogens with zero attached hydrogens (tertiary/aromatic N) is 3. The molecule has 0 aliphatic carbocycles. The summed E-state index contributed by atoms with van der Waals surface area (Å²) >= 11 is 12.8. The van der Waals surface area contributed by atoms with E-state index in [1.54, 1.807) is 30.8 Å². The molecular weight excluding hydrogens is 478 g/mol. The molecule has 1 aromatic carbocycles. The summed E-state index contributed by atoms with van der Waals surface area (Å²) in [5, 5.41) is 14.7. The highest BCUT2D eigenvalue weighted by molar-refractivity contribution is 7.80. The third-order valence-corrected chi connectivity index (χ3v) is 8.45. The molecule has 4 rings (SSSR count). The van der Waals surface area contributed by atoms with Crippen molar-refractivity contribution in [3.63, 3.8) is 0 Å². The lowest BCUT2D eigenvalue weighted by molar-refractivity contribution is -0.152. The lowest BCUT2D eigenvalue weighted by atomic mass is 9.74. The van der Waals surface area contributed by atoms with Gasteiger partial charge in [-0.05, 0) is 69.0 Å². The third-order valence-electron chi connectivity index (χ3n) is 6.65. The summed E-state index contributed by atoms with van der Waals surface area (Å²) in [5.74, 6) is 0.0549. The molecule has 0 spiro atoms. The maximum Gasteiger partial charge on any atom is 0.309 e. The standard InChI is InChI=1S/C24H28ClN3O3S2/c1-31-16-4-5-20-18(13-16)17(19(25)14-27-20)3-2-6-24(23(29)30)7-10-28(11-8-24)15-21(32)22-26-9-12-33-22/h4-5,9,12-14,21,32H,2-3,6-8,10-11,15H2,1H3,(H,29,30). The molecular formula is C24H28ClN3O3S2. The number of aryl methyl sites for hydroxylation is 1. The minimum Gasteiger partial charge on any atom is -0.497 e.